The Balaban J connectivity index is 2.36. The van der Waals surface area contributed by atoms with Crippen molar-refractivity contribution < 1.29 is 4.79 Å². The lowest BCUT2D eigenvalue weighted by atomic mass is 10.1. The number of para-hydroxylation sites is 1. The number of H-pyrrole nitrogens is 1. The van der Waals surface area contributed by atoms with Crippen LogP contribution in [0.25, 0.3) is 10.9 Å². The number of amides is 2. The van der Waals surface area contributed by atoms with Gasteiger partial charge in [0, 0.05) is 22.7 Å². The minimum Gasteiger partial charge on any atom is -0.360 e. The van der Waals surface area contributed by atoms with Crippen LogP contribution in [0.5, 0.6) is 0 Å². The molecule has 0 spiro atoms. The molecule has 4 N–H and O–H groups in total. The van der Waals surface area contributed by atoms with Crippen molar-refractivity contribution >= 4 is 23.1 Å². The normalized spacial score (nSPS) is 11.1. The van der Waals surface area contributed by atoms with Crippen LogP contribution < -0.4 is 11.2 Å². The molecule has 0 radical (unpaired) electrons. The van der Waals surface area contributed by atoms with Gasteiger partial charge in [-0.25, -0.2) is 10.2 Å². The molecular weight excluding hydrogens is 216 g/mol. The Morgan fingerprint density at radius 2 is 2.41 bits per heavy atom. The standard InChI is InChI=1S/C12H14N4O/c1-2-8-4-3-5-10-9(6-14-11(8)10)7-15-16-12(13)17/h3-7,14H,2H2,1H3,(H3,13,16,17). The third-order valence-corrected chi connectivity index (χ3v) is 2.59. The van der Waals surface area contributed by atoms with Gasteiger partial charge in [-0.3, -0.25) is 0 Å². The van der Waals surface area contributed by atoms with Gasteiger partial charge in [0.15, 0.2) is 0 Å². The van der Waals surface area contributed by atoms with E-state index in [-0.39, 0.29) is 0 Å². The molecule has 0 fully saturated rings. The molecule has 0 saturated heterocycles. The number of aromatic nitrogens is 1. The van der Waals surface area contributed by atoms with E-state index >= 15 is 0 Å². The van der Waals surface area contributed by atoms with Crippen molar-refractivity contribution in [3.63, 3.8) is 0 Å². The number of urea groups is 1. The maximum absolute atomic E-state index is 10.5. The van der Waals surface area contributed by atoms with Gasteiger partial charge < -0.3 is 10.7 Å². The van der Waals surface area contributed by atoms with E-state index in [1.165, 1.54) is 5.56 Å². The van der Waals surface area contributed by atoms with Crippen molar-refractivity contribution in [3.8, 4) is 0 Å². The third-order valence-electron chi connectivity index (χ3n) is 2.59. The molecule has 2 amide bonds. The van der Waals surface area contributed by atoms with E-state index < -0.39 is 6.03 Å². The van der Waals surface area contributed by atoms with Crippen LogP contribution >= 0.6 is 0 Å². The summed E-state index contributed by atoms with van der Waals surface area (Å²) in [6.45, 7) is 2.11. The van der Waals surface area contributed by atoms with Crippen LogP contribution in [-0.2, 0) is 6.42 Å². The first-order chi connectivity index (χ1) is 8.22. The molecule has 0 aliphatic heterocycles. The van der Waals surface area contributed by atoms with E-state index in [1.54, 1.807) is 6.21 Å². The van der Waals surface area contributed by atoms with Gasteiger partial charge in [-0.2, -0.15) is 5.10 Å². The van der Waals surface area contributed by atoms with Crippen LogP contribution in [-0.4, -0.2) is 17.2 Å². The molecule has 5 nitrogen and oxygen atoms in total. The Bertz CT molecular complexity index is 571. The SMILES string of the molecule is CCc1cccc2c(C=NNC(N)=O)c[nH]c12. The van der Waals surface area contributed by atoms with Crippen LogP contribution in [0.3, 0.4) is 0 Å². The monoisotopic (exact) mass is 230 g/mol. The van der Waals surface area contributed by atoms with Crippen molar-refractivity contribution in [2.24, 2.45) is 10.8 Å². The zero-order valence-electron chi connectivity index (χ0n) is 9.53. The van der Waals surface area contributed by atoms with Gasteiger partial charge in [-0.1, -0.05) is 25.1 Å². The Morgan fingerprint density at radius 1 is 1.59 bits per heavy atom. The second kappa shape index (κ2) is 4.69. The Hall–Kier alpha value is -2.30. The van der Waals surface area contributed by atoms with Gasteiger partial charge in [0.2, 0.25) is 0 Å². The highest BCUT2D eigenvalue weighted by Gasteiger charge is 2.04. The fourth-order valence-electron chi connectivity index (χ4n) is 1.81. The summed E-state index contributed by atoms with van der Waals surface area (Å²) in [5.41, 5.74) is 10.4. The number of carbonyl (C=O) groups is 1. The molecule has 0 bridgehead atoms. The maximum Gasteiger partial charge on any atom is 0.332 e. The van der Waals surface area contributed by atoms with E-state index in [0.717, 1.165) is 22.9 Å². The van der Waals surface area contributed by atoms with Gasteiger partial charge in [-0.05, 0) is 12.0 Å². The summed E-state index contributed by atoms with van der Waals surface area (Å²) in [4.78, 5) is 13.7. The number of aromatic amines is 1. The summed E-state index contributed by atoms with van der Waals surface area (Å²) in [6.07, 6.45) is 4.40. The van der Waals surface area contributed by atoms with Gasteiger partial charge in [0.05, 0.1) is 6.21 Å². The second-order valence-corrected chi connectivity index (χ2v) is 3.67. The van der Waals surface area contributed by atoms with Crippen molar-refractivity contribution in [2.45, 2.75) is 13.3 Å². The van der Waals surface area contributed by atoms with Gasteiger partial charge in [-0.15, -0.1) is 0 Å². The quantitative estimate of drug-likeness (QED) is 0.544. The number of carbonyl (C=O) groups excluding carboxylic acids is 1. The van der Waals surface area contributed by atoms with Crippen molar-refractivity contribution in [2.75, 3.05) is 0 Å². The van der Waals surface area contributed by atoms with Crippen LogP contribution in [0.1, 0.15) is 18.1 Å². The number of hydrogen-bond donors (Lipinski definition) is 3. The van der Waals surface area contributed by atoms with E-state index in [1.807, 2.05) is 18.3 Å². The Labute approximate surface area is 98.7 Å². The zero-order chi connectivity index (χ0) is 12.3. The molecule has 1 aromatic heterocycles. The molecule has 17 heavy (non-hydrogen) atoms. The minimum absolute atomic E-state index is 0.671. The molecular formula is C12H14N4O. The maximum atomic E-state index is 10.5. The smallest absolute Gasteiger partial charge is 0.332 e. The number of nitrogens with one attached hydrogen (secondary N) is 2. The molecule has 2 aromatic rings. The molecule has 0 unspecified atom stereocenters. The number of hydrazone groups is 1. The van der Waals surface area contributed by atoms with E-state index in [0.29, 0.717) is 0 Å². The molecule has 1 heterocycles. The van der Waals surface area contributed by atoms with E-state index in [2.05, 4.69) is 28.5 Å². The van der Waals surface area contributed by atoms with E-state index in [4.69, 9.17) is 5.73 Å². The molecule has 2 rings (SSSR count). The number of fused-ring (bicyclic) bond motifs is 1. The summed E-state index contributed by atoms with van der Waals surface area (Å²) in [7, 11) is 0. The molecule has 0 aliphatic carbocycles. The minimum atomic E-state index is -0.671. The lowest BCUT2D eigenvalue weighted by molar-refractivity contribution is 0.249. The van der Waals surface area contributed by atoms with Crippen LogP contribution in [0.15, 0.2) is 29.5 Å². The van der Waals surface area contributed by atoms with Crippen LogP contribution in [0.4, 0.5) is 4.79 Å². The molecule has 0 atom stereocenters. The molecule has 1 aromatic carbocycles. The first kappa shape index (κ1) is 11.2. The number of primary amides is 1. The number of rotatable bonds is 3. The zero-order valence-corrected chi connectivity index (χ0v) is 9.53. The van der Waals surface area contributed by atoms with Crippen molar-refractivity contribution in [3.05, 3.63) is 35.5 Å². The molecule has 88 valence electrons. The van der Waals surface area contributed by atoms with Crippen molar-refractivity contribution in [1.82, 2.24) is 10.4 Å². The average molecular weight is 230 g/mol. The fraction of sp³-hybridized carbons (Fsp3) is 0.167. The largest absolute Gasteiger partial charge is 0.360 e. The predicted octanol–water partition coefficient (Wildman–Crippen LogP) is 1.73. The average Bonchev–Trinajstić information content (AvgIpc) is 2.72. The lowest BCUT2D eigenvalue weighted by Gasteiger charge is -1.98. The number of benzene rings is 1. The molecule has 5 heteroatoms. The summed E-state index contributed by atoms with van der Waals surface area (Å²) in [6, 6.07) is 5.43. The third kappa shape index (κ3) is 2.28. The summed E-state index contributed by atoms with van der Waals surface area (Å²) < 4.78 is 0. The first-order valence-corrected chi connectivity index (χ1v) is 5.40. The highest BCUT2D eigenvalue weighted by atomic mass is 16.2. The summed E-state index contributed by atoms with van der Waals surface area (Å²) in [5, 5.41) is 4.83. The van der Waals surface area contributed by atoms with E-state index in [9.17, 15) is 4.79 Å². The summed E-state index contributed by atoms with van der Waals surface area (Å²) >= 11 is 0. The van der Waals surface area contributed by atoms with Crippen LogP contribution in [0.2, 0.25) is 0 Å². The summed E-state index contributed by atoms with van der Waals surface area (Å²) in [5.74, 6) is 0. The fourth-order valence-corrected chi connectivity index (χ4v) is 1.81. The Kier molecular flexibility index (Phi) is 3.09. The van der Waals surface area contributed by atoms with Crippen molar-refractivity contribution in [1.29, 1.82) is 0 Å². The molecule has 0 aliphatic rings. The predicted molar refractivity (Wildman–Crippen MR) is 68.0 cm³/mol. The number of hydrogen-bond acceptors (Lipinski definition) is 2. The topological polar surface area (TPSA) is 83.3 Å². The lowest BCUT2D eigenvalue weighted by Crippen LogP contribution is -2.24. The number of aryl methyl sites for hydroxylation is 1. The van der Waals surface area contributed by atoms with Gasteiger partial charge >= 0.3 is 6.03 Å². The van der Waals surface area contributed by atoms with Crippen LogP contribution in [0, 0.1) is 0 Å². The highest BCUT2D eigenvalue weighted by Crippen LogP contribution is 2.20. The Morgan fingerprint density at radius 3 is 3.12 bits per heavy atom. The van der Waals surface area contributed by atoms with Gasteiger partial charge in [0.1, 0.15) is 0 Å². The highest BCUT2D eigenvalue weighted by molar-refractivity contribution is 6.00. The number of nitrogens with two attached hydrogens (primary N) is 1. The first-order valence-electron chi connectivity index (χ1n) is 5.40. The van der Waals surface area contributed by atoms with Gasteiger partial charge in [0.25, 0.3) is 0 Å². The second-order valence-electron chi connectivity index (χ2n) is 3.67. The number of nitrogens with zero attached hydrogens (tertiary/aromatic N) is 1. The molecule has 0 saturated carbocycles.